The van der Waals surface area contributed by atoms with Gasteiger partial charge >= 0.3 is 0 Å². The molecule has 5 heteroatoms. The Kier molecular flexibility index (Phi) is 4.74. The van der Waals surface area contributed by atoms with E-state index in [9.17, 15) is 13.2 Å². The average Bonchev–Trinajstić information content (AvgIpc) is 2.18. The number of anilines is 1. The zero-order valence-corrected chi connectivity index (χ0v) is 12.9. The van der Waals surface area contributed by atoms with Gasteiger partial charge in [0.2, 0.25) is 15.9 Å². The lowest BCUT2D eigenvalue weighted by molar-refractivity contribution is -0.115. The predicted octanol–water partition coefficient (Wildman–Crippen LogP) is 2.51. The van der Waals surface area contributed by atoms with Crippen LogP contribution >= 0.6 is 0 Å². The highest BCUT2D eigenvalue weighted by Crippen LogP contribution is 2.24. The van der Waals surface area contributed by atoms with Crippen LogP contribution in [0.5, 0.6) is 0 Å². The second-order valence-corrected chi connectivity index (χ2v) is 7.10. The minimum atomic E-state index is -3.59. The molecular weight excluding hydrogens is 262 g/mol. The van der Waals surface area contributed by atoms with Gasteiger partial charge < -0.3 is 0 Å². The fraction of sp³-hybridized carbons (Fsp3) is 0.500. The molecule has 4 nitrogen and oxygen atoms in total. The number of amides is 1. The van der Waals surface area contributed by atoms with Crippen molar-refractivity contribution in [1.29, 1.82) is 0 Å². The van der Waals surface area contributed by atoms with E-state index in [-0.39, 0.29) is 0 Å². The quantitative estimate of drug-likeness (QED) is 0.853. The van der Waals surface area contributed by atoms with E-state index in [0.717, 1.165) is 28.1 Å². The van der Waals surface area contributed by atoms with Crippen LogP contribution in [0.3, 0.4) is 0 Å². The molecule has 1 rings (SSSR count). The molecular formula is C14H21NO3S. The van der Waals surface area contributed by atoms with E-state index in [1.165, 1.54) is 6.92 Å². The maximum Gasteiger partial charge on any atom is 0.238 e. The van der Waals surface area contributed by atoms with Gasteiger partial charge in [-0.05, 0) is 36.5 Å². The van der Waals surface area contributed by atoms with Gasteiger partial charge in [-0.3, -0.25) is 4.79 Å². The molecule has 0 unspecified atom stereocenters. The molecule has 0 N–H and O–H groups in total. The molecule has 0 saturated carbocycles. The van der Waals surface area contributed by atoms with E-state index in [4.69, 9.17) is 0 Å². The average molecular weight is 283 g/mol. The van der Waals surface area contributed by atoms with Crippen molar-refractivity contribution in [3.63, 3.8) is 0 Å². The zero-order valence-electron chi connectivity index (χ0n) is 12.1. The Bertz CT molecular complexity index is 576. The third kappa shape index (κ3) is 4.06. The van der Waals surface area contributed by atoms with E-state index in [1.807, 2.05) is 19.1 Å². The van der Waals surface area contributed by atoms with Crippen LogP contribution in [-0.4, -0.2) is 20.6 Å². The summed E-state index contributed by atoms with van der Waals surface area (Å²) in [6.07, 6.45) is 1.97. The topological polar surface area (TPSA) is 54.5 Å². The maximum absolute atomic E-state index is 11.7. The summed E-state index contributed by atoms with van der Waals surface area (Å²) in [7, 11) is -3.59. The van der Waals surface area contributed by atoms with Gasteiger partial charge in [0, 0.05) is 6.92 Å². The first-order valence-electron chi connectivity index (χ1n) is 6.23. The number of rotatable bonds is 4. The number of carbonyl (C=O) groups is 1. The van der Waals surface area contributed by atoms with Crippen LogP contribution in [0.1, 0.15) is 31.9 Å². The number of hydrogen-bond acceptors (Lipinski definition) is 3. The van der Waals surface area contributed by atoms with Crippen molar-refractivity contribution in [3.8, 4) is 0 Å². The van der Waals surface area contributed by atoms with Crippen molar-refractivity contribution in [2.75, 3.05) is 10.6 Å². The molecule has 106 valence electrons. The van der Waals surface area contributed by atoms with Crippen molar-refractivity contribution in [2.24, 2.45) is 5.92 Å². The van der Waals surface area contributed by atoms with Gasteiger partial charge in [-0.15, -0.1) is 0 Å². The number of hydrogen-bond donors (Lipinski definition) is 0. The molecule has 19 heavy (non-hydrogen) atoms. The lowest BCUT2D eigenvalue weighted by Crippen LogP contribution is -2.34. The summed E-state index contributed by atoms with van der Waals surface area (Å²) in [6, 6.07) is 5.52. The van der Waals surface area contributed by atoms with Crippen LogP contribution in [0.2, 0.25) is 0 Å². The van der Waals surface area contributed by atoms with Gasteiger partial charge in [0.05, 0.1) is 11.9 Å². The predicted molar refractivity (Wildman–Crippen MR) is 77.7 cm³/mol. The van der Waals surface area contributed by atoms with Crippen LogP contribution in [0.25, 0.3) is 0 Å². The standard InChI is InChI=1S/C14H21NO3S/c1-10(2)8-13-6-7-14(11(3)9-13)15(12(4)16)19(5,17)18/h6-7,9-10H,8H2,1-5H3. The van der Waals surface area contributed by atoms with Gasteiger partial charge in [0.15, 0.2) is 0 Å². The van der Waals surface area contributed by atoms with Crippen LogP contribution in [-0.2, 0) is 21.2 Å². The minimum Gasteiger partial charge on any atom is -0.274 e. The van der Waals surface area contributed by atoms with E-state index in [1.54, 1.807) is 6.07 Å². The normalized spacial score (nSPS) is 11.7. The SMILES string of the molecule is CC(=O)N(c1ccc(CC(C)C)cc1C)S(C)(=O)=O. The van der Waals surface area contributed by atoms with Gasteiger partial charge in [-0.2, -0.15) is 0 Å². The minimum absolute atomic E-state index is 0.433. The third-order valence-corrected chi connectivity index (χ3v) is 3.86. The second-order valence-electron chi connectivity index (χ2n) is 5.27. The highest BCUT2D eigenvalue weighted by atomic mass is 32.2. The molecule has 0 fully saturated rings. The molecule has 1 aromatic rings. The van der Waals surface area contributed by atoms with Crippen molar-refractivity contribution in [2.45, 2.75) is 34.1 Å². The Morgan fingerprint density at radius 3 is 2.26 bits per heavy atom. The van der Waals surface area contributed by atoms with Crippen LogP contribution in [0.15, 0.2) is 18.2 Å². The van der Waals surface area contributed by atoms with Crippen molar-refractivity contribution in [1.82, 2.24) is 0 Å². The molecule has 0 aliphatic carbocycles. The number of benzene rings is 1. The van der Waals surface area contributed by atoms with Crippen LogP contribution in [0.4, 0.5) is 5.69 Å². The van der Waals surface area contributed by atoms with E-state index in [2.05, 4.69) is 13.8 Å². The Hall–Kier alpha value is -1.36. The Morgan fingerprint density at radius 2 is 1.89 bits per heavy atom. The lowest BCUT2D eigenvalue weighted by atomic mass is 10.0. The fourth-order valence-corrected chi connectivity index (χ4v) is 3.15. The number of carbonyl (C=O) groups excluding carboxylic acids is 1. The Labute approximate surface area is 115 Å². The summed E-state index contributed by atoms with van der Waals surface area (Å²) in [5.74, 6) is 0.0336. The molecule has 0 heterocycles. The summed E-state index contributed by atoms with van der Waals surface area (Å²) in [4.78, 5) is 11.6. The smallest absolute Gasteiger partial charge is 0.238 e. The zero-order chi connectivity index (χ0) is 14.8. The van der Waals surface area contributed by atoms with Gasteiger partial charge in [0.25, 0.3) is 0 Å². The molecule has 0 aromatic heterocycles. The first-order chi connectivity index (χ1) is 8.62. The highest BCUT2D eigenvalue weighted by molar-refractivity contribution is 7.92. The Balaban J connectivity index is 3.24. The van der Waals surface area contributed by atoms with Gasteiger partial charge in [0.1, 0.15) is 0 Å². The maximum atomic E-state index is 11.7. The third-order valence-electron chi connectivity index (χ3n) is 2.74. The molecule has 0 radical (unpaired) electrons. The molecule has 0 atom stereocenters. The molecule has 0 bridgehead atoms. The van der Waals surface area contributed by atoms with Crippen molar-refractivity contribution in [3.05, 3.63) is 29.3 Å². The van der Waals surface area contributed by atoms with Gasteiger partial charge in [-0.25, -0.2) is 12.7 Å². The van der Waals surface area contributed by atoms with Crippen LogP contribution in [0, 0.1) is 12.8 Å². The summed E-state index contributed by atoms with van der Waals surface area (Å²) < 4.78 is 24.2. The van der Waals surface area contributed by atoms with Crippen molar-refractivity contribution < 1.29 is 13.2 Å². The fourth-order valence-electron chi connectivity index (χ4n) is 2.13. The van der Waals surface area contributed by atoms with Crippen LogP contribution < -0.4 is 4.31 Å². The van der Waals surface area contributed by atoms with E-state index < -0.39 is 15.9 Å². The first kappa shape index (κ1) is 15.7. The number of aryl methyl sites for hydroxylation is 1. The van der Waals surface area contributed by atoms with Gasteiger partial charge in [-0.1, -0.05) is 26.0 Å². The van der Waals surface area contributed by atoms with Crippen molar-refractivity contribution >= 4 is 21.6 Å². The molecule has 0 saturated heterocycles. The highest BCUT2D eigenvalue weighted by Gasteiger charge is 2.23. The number of nitrogens with zero attached hydrogens (tertiary/aromatic N) is 1. The van der Waals surface area contributed by atoms with E-state index in [0.29, 0.717) is 11.6 Å². The monoisotopic (exact) mass is 283 g/mol. The molecule has 0 aliphatic heterocycles. The molecule has 1 aromatic carbocycles. The summed E-state index contributed by atoms with van der Waals surface area (Å²) >= 11 is 0. The lowest BCUT2D eigenvalue weighted by Gasteiger charge is -2.21. The second kappa shape index (κ2) is 5.74. The number of sulfonamides is 1. The molecule has 1 amide bonds. The largest absolute Gasteiger partial charge is 0.274 e. The van der Waals surface area contributed by atoms with E-state index >= 15 is 0 Å². The first-order valence-corrected chi connectivity index (χ1v) is 8.08. The summed E-state index contributed by atoms with van der Waals surface area (Å²) in [5, 5.41) is 0. The Morgan fingerprint density at radius 1 is 1.32 bits per heavy atom. The molecule has 0 spiro atoms. The summed E-state index contributed by atoms with van der Waals surface area (Å²) in [6.45, 7) is 7.33. The molecule has 0 aliphatic rings. The summed E-state index contributed by atoms with van der Waals surface area (Å²) in [5.41, 5.74) is 2.37.